The van der Waals surface area contributed by atoms with Gasteiger partial charge in [0.25, 0.3) is 0 Å². The summed E-state index contributed by atoms with van der Waals surface area (Å²) in [5.74, 6) is 0.590. The summed E-state index contributed by atoms with van der Waals surface area (Å²) >= 11 is 0. The minimum absolute atomic E-state index is 0.368. The highest BCUT2D eigenvalue weighted by atomic mass is 16.5. The standard InChI is InChI=1S/C11H17N3O3/c1-7(11(15)16)4-5-12-9-6-10(17-3)14-8(2)13-9/h6-7H,4-5H2,1-3H3,(H,15,16)(H,12,13,14). The number of ether oxygens (including phenoxy) is 1. The maximum absolute atomic E-state index is 10.6. The average Bonchev–Trinajstić information content (AvgIpc) is 2.27. The molecule has 6 nitrogen and oxygen atoms in total. The Labute approximate surface area is 100 Å². The third-order valence-electron chi connectivity index (χ3n) is 2.33. The Bertz CT molecular complexity index is 396. The summed E-state index contributed by atoms with van der Waals surface area (Å²) in [7, 11) is 1.54. The van der Waals surface area contributed by atoms with Crippen LogP contribution in [0.4, 0.5) is 5.82 Å². The molecule has 1 unspecified atom stereocenters. The van der Waals surface area contributed by atoms with Crippen molar-refractivity contribution >= 4 is 11.8 Å². The Morgan fingerprint density at radius 2 is 2.29 bits per heavy atom. The Hall–Kier alpha value is -1.85. The van der Waals surface area contributed by atoms with Crippen molar-refractivity contribution in [2.45, 2.75) is 20.3 Å². The molecule has 1 aromatic heterocycles. The zero-order valence-corrected chi connectivity index (χ0v) is 10.2. The van der Waals surface area contributed by atoms with Crippen molar-refractivity contribution in [1.82, 2.24) is 9.97 Å². The molecule has 0 aromatic carbocycles. The molecular weight excluding hydrogens is 222 g/mol. The van der Waals surface area contributed by atoms with Gasteiger partial charge in [-0.3, -0.25) is 4.79 Å². The molecule has 0 aliphatic rings. The predicted octanol–water partition coefficient (Wildman–Crippen LogP) is 1.32. The van der Waals surface area contributed by atoms with Crippen molar-refractivity contribution in [2.75, 3.05) is 19.0 Å². The molecule has 0 radical (unpaired) electrons. The van der Waals surface area contributed by atoms with Crippen molar-refractivity contribution < 1.29 is 14.6 Å². The molecule has 17 heavy (non-hydrogen) atoms. The molecule has 0 bridgehead atoms. The number of nitrogens with one attached hydrogen (secondary N) is 1. The monoisotopic (exact) mass is 239 g/mol. The molecule has 94 valence electrons. The number of carbonyl (C=O) groups is 1. The van der Waals surface area contributed by atoms with Gasteiger partial charge in [-0.05, 0) is 13.3 Å². The largest absolute Gasteiger partial charge is 0.481 e. The Balaban J connectivity index is 2.51. The van der Waals surface area contributed by atoms with E-state index >= 15 is 0 Å². The third-order valence-corrected chi connectivity index (χ3v) is 2.33. The molecule has 0 aliphatic carbocycles. The summed E-state index contributed by atoms with van der Waals surface area (Å²) in [5, 5.41) is 11.8. The van der Waals surface area contributed by atoms with E-state index in [9.17, 15) is 4.79 Å². The normalized spacial score (nSPS) is 11.9. The van der Waals surface area contributed by atoms with Crippen LogP contribution >= 0.6 is 0 Å². The highest BCUT2D eigenvalue weighted by Gasteiger charge is 2.10. The van der Waals surface area contributed by atoms with Crippen LogP contribution in [0.2, 0.25) is 0 Å². The number of anilines is 1. The lowest BCUT2D eigenvalue weighted by molar-refractivity contribution is -0.141. The lowest BCUT2D eigenvalue weighted by Gasteiger charge is -2.09. The zero-order valence-electron chi connectivity index (χ0n) is 10.2. The number of hydrogen-bond acceptors (Lipinski definition) is 5. The fourth-order valence-electron chi connectivity index (χ4n) is 1.28. The molecule has 6 heteroatoms. The Morgan fingerprint density at radius 3 is 2.88 bits per heavy atom. The maximum Gasteiger partial charge on any atom is 0.306 e. The first kappa shape index (κ1) is 13.2. The van der Waals surface area contributed by atoms with Crippen molar-refractivity contribution in [3.63, 3.8) is 0 Å². The Kier molecular flexibility index (Phi) is 4.68. The molecule has 1 aromatic rings. The van der Waals surface area contributed by atoms with Crippen LogP contribution in [0.3, 0.4) is 0 Å². The quantitative estimate of drug-likeness (QED) is 0.778. The van der Waals surface area contributed by atoms with Crippen LogP contribution in [0.15, 0.2) is 6.07 Å². The molecule has 2 N–H and O–H groups in total. The van der Waals surface area contributed by atoms with E-state index in [1.54, 1.807) is 19.9 Å². The molecule has 1 heterocycles. The highest BCUT2D eigenvalue weighted by Crippen LogP contribution is 2.13. The number of aliphatic carboxylic acids is 1. The van der Waals surface area contributed by atoms with Gasteiger partial charge in [-0.2, -0.15) is 4.98 Å². The van der Waals surface area contributed by atoms with Crippen LogP contribution in [0, 0.1) is 12.8 Å². The van der Waals surface area contributed by atoms with Gasteiger partial charge in [0.1, 0.15) is 11.6 Å². The van der Waals surface area contributed by atoms with E-state index in [0.717, 1.165) is 0 Å². The fraction of sp³-hybridized carbons (Fsp3) is 0.545. The molecule has 0 spiro atoms. The van der Waals surface area contributed by atoms with Gasteiger partial charge in [0.15, 0.2) is 0 Å². The van der Waals surface area contributed by atoms with E-state index in [1.165, 1.54) is 7.11 Å². The van der Waals surface area contributed by atoms with E-state index in [-0.39, 0.29) is 5.92 Å². The number of carboxylic acids is 1. The summed E-state index contributed by atoms with van der Waals surface area (Å²) in [6, 6.07) is 1.68. The second kappa shape index (κ2) is 6.03. The van der Waals surface area contributed by atoms with Crippen molar-refractivity contribution in [1.29, 1.82) is 0 Å². The van der Waals surface area contributed by atoms with Gasteiger partial charge in [0.2, 0.25) is 5.88 Å². The van der Waals surface area contributed by atoms with E-state index in [4.69, 9.17) is 9.84 Å². The smallest absolute Gasteiger partial charge is 0.306 e. The SMILES string of the molecule is COc1cc(NCCC(C)C(=O)O)nc(C)n1. The molecule has 1 rings (SSSR count). The van der Waals surface area contributed by atoms with Crippen molar-refractivity contribution in [2.24, 2.45) is 5.92 Å². The van der Waals surface area contributed by atoms with Gasteiger partial charge >= 0.3 is 5.97 Å². The first-order chi connectivity index (χ1) is 8.02. The van der Waals surface area contributed by atoms with Crippen LogP contribution in [-0.2, 0) is 4.79 Å². The number of hydrogen-bond donors (Lipinski definition) is 2. The number of aromatic nitrogens is 2. The summed E-state index contributed by atoms with van der Waals surface area (Å²) in [6.07, 6.45) is 0.542. The summed E-state index contributed by atoms with van der Waals surface area (Å²) < 4.78 is 5.02. The fourth-order valence-corrected chi connectivity index (χ4v) is 1.28. The average molecular weight is 239 g/mol. The first-order valence-electron chi connectivity index (χ1n) is 5.39. The topological polar surface area (TPSA) is 84.3 Å². The minimum atomic E-state index is -0.789. The van der Waals surface area contributed by atoms with E-state index < -0.39 is 5.97 Å². The second-order valence-corrected chi connectivity index (χ2v) is 3.80. The number of aryl methyl sites for hydroxylation is 1. The molecule has 0 saturated carbocycles. The van der Waals surface area contributed by atoms with Crippen molar-refractivity contribution in [3.05, 3.63) is 11.9 Å². The number of nitrogens with zero attached hydrogens (tertiary/aromatic N) is 2. The number of carboxylic acid groups (broad SMARTS) is 1. The maximum atomic E-state index is 10.6. The van der Waals surface area contributed by atoms with Gasteiger partial charge in [-0.25, -0.2) is 4.98 Å². The van der Waals surface area contributed by atoms with E-state index in [0.29, 0.717) is 30.5 Å². The van der Waals surface area contributed by atoms with Crippen LogP contribution < -0.4 is 10.1 Å². The van der Waals surface area contributed by atoms with Crippen molar-refractivity contribution in [3.8, 4) is 5.88 Å². The van der Waals surface area contributed by atoms with Gasteiger partial charge in [0.05, 0.1) is 13.0 Å². The van der Waals surface area contributed by atoms with E-state index in [2.05, 4.69) is 15.3 Å². The summed E-state index contributed by atoms with van der Waals surface area (Å²) in [4.78, 5) is 18.9. The van der Waals surface area contributed by atoms with Gasteiger partial charge < -0.3 is 15.2 Å². The number of methoxy groups -OCH3 is 1. The summed E-state index contributed by atoms with van der Waals surface area (Å²) in [5.41, 5.74) is 0. The number of rotatable bonds is 6. The lowest BCUT2D eigenvalue weighted by Crippen LogP contribution is -2.15. The molecule has 1 atom stereocenters. The van der Waals surface area contributed by atoms with Crippen LogP contribution in [0.5, 0.6) is 5.88 Å². The minimum Gasteiger partial charge on any atom is -0.481 e. The lowest BCUT2D eigenvalue weighted by atomic mass is 10.1. The zero-order chi connectivity index (χ0) is 12.8. The van der Waals surface area contributed by atoms with E-state index in [1.807, 2.05) is 0 Å². The van der Waals surface area contributed by atoms with Crippen LogP contribution in [0.1, 0.15) is 19.2 Å². The highest BCUT2D eigenvalue weighted by molar-refractivity contribution is 5.69. The Morgan fingerprint density at radius 1 is 1.59 bits per heavy atom. The second-order valence-electron chi connectivity index (χ2n) is 3.80. The summed E-state index contributed by atoms with van der Waals surface area (Å²) in [6.45, 7) is 4.00. The van der Waals surface area contributed by atoms with Gasteiger partial charge in [-0.1, -0.05) is 6.92 Å². The third kappa shape index (κ3) is 4.26. The molecule has 0 saturated heterocycles. The van der Waals surface area contributed by atoms with Gasteiger partial charge in [-0.15, -0.1) is 0 Å². The molecule has 0 aliphatic heterocycles. The van der Waals surface area contributed by atoms with Gasteiger partial charge in [0, 0.05) is 12.6 Å². The first-order valence-corrected chi connectivity index (χ1v) is 5.39. The van der Waals surface area contributed by atoms with Crippen LogP contribution in [-0.4, -0.2) is 34.7 Å². The van der Waals surface area contributed by atoms with Crippen LogP contribution in [0.25, 0.3) is 0 Å². The molecule has 0 amide bonds. The predicted molar refractivity (Wildman–Crippen MR) is 63.2 cm³/mol. The molecule has 0 fully saturated rings. The molecular formula is C11H17N3O3.